The molecule has 0 N–H and O–H groups in total. The zero-order valence-electron chi connectivity index (χ0n) is 6.92. The Bertz CT molecular complexity index is 227. The van der Waals surface area contributed by atoms with Crippen LogP contribution in [0.1, 0.15) is 20.8 Å². The van der Waals surface area contributed by atoms with Gasteiger partial charge in [-0.05, 0) is 13.8 Å². The van der Waals surface area contributed by atoms with E-state index in [1.807, 2.05) is 26.8 Å². The van der Waals surface area contributed by atoms with Gasteiger partial charge in [-0.1, -0.05) is 6.92 Å². The number of nitrogens with zero attached hydrogens (tertiary/aromatic N) is 1. The summed E-state index contributed by atoms with van der Waals surface area (Å²) in [6.45, 7) is 5.51. The van der Waals surface area contributed by atoms with Gasteiger partial charge < -0.3 is 4.74 Å². The second-order valence-electron chi connectivity index (χ2n) is 3.42. The Morgan fingerprint density at radius 3 is 2.36 bits per heavy atom. The topological polar surface area (TPSA) is 50.1 Å². The predicted octanol–water partition coefficient (Wildman–Crippen LogP) is 1.10. The van der Waals surface area contributed by atoms with Crippen LogP contribution in [0.25, 0.3) is 0 Å². The molecule has 0 aliphatic carbocycles. The molecular weight excluding hydrogens is 142 g/mol. The number of cyclic esters (lactones) is 1. The summed E-state index contributed by atoms with van der Waals surface area (Å²) in [4.78, 5) is 11.0. The molecule has 1 fully saturated rings. The van der Waals surface area contributed by atoms with Gasteiger partial charge in [-0.25, -0.2) is 0 Å². The molecule has 2 atom stereocenters. The average Bonchev–Trinajstić information content (AvgIpc) is 2.04. The minimum atomic E-state index is -0.579. The molecule has 0 saturated carbocycles. The molecule has 1 aliphatic heterocycles. The first-order chi connectivity index (χ1) is 4.99. The first-order valence-corrected chi connectivity index (χ1v) is 3.61. The Labute approximate surface area is 66.0 Å². The van der Waals surface area contributed by atoms with E-state index in [4.69, 9.17) is 10.00 Å². The first-order valence-electron chi connectivity index (χ1n) is 3.61. The molecule has 1 heterocycles. The van der Waals surface area contributed by atoms with Crippen molar-refractivity contribution in [3.8, 4) is 6.07 Å². The van der Waals surface area contributed by atoms with Crippen LogP contribution in [0.2, 0.25) is 0 Å². The van der Waals surface area contributed by atoms with Crippen molar-refractivity contribution in [2.45, 2.75) is 26.4 Å². The molecule has 3 nitrogen and oxygen atoms in total. The largest absolute Gasteiger partial charge is 0.458 e. The normalized spacial score (nSPS) is 34.5. The Balaban J connectivity index is 2.90. The highest BCUT2D eigenvalue weighted by Gasteiger charge is 2.47. The summed E-state index contributed by atoms with van der Waals surface area (Å²) in [7, 11) is 0. The van der Waals surface area contributed by atoms with Crippen LogP contribution in [-0.2, 0) is 9.53 Å². The maximum atomic E-state index is 11.0. The Kier molecular flexibility index (Phi) is 1.63. The van der Waals surface area contributed by atoms with E-state index in [2.05, 4.69) is 0 Å². The fourth-order valence-electron chi connectivity index (χ4n) is 1.19. The summed E-state index contributed by atoms with van der Waals surface area (Å²) in [6.07, 6.45) is 0. The molecular formula is C8H11NO2. The van der Waals surface area contributed by atoms with Crippen LogP contribution in [0.3, 0.4) is 0 Å². The number of rotatable bonds is 0. The van der Waals surface area contributed by atoms with Gasteiger partial charge in [0.15, 0.2) is 0 Å². The van der Waals surface area contributed by atoms with E-state index in [0.717, 1.165) is 0 Å². The second kappa shape index (κ2) is 2.23. The SMILES string of the molecule is C[C@H]1[C@@H](C#N)C(=O)OC1(C)C. The molecule has 11 heavy (non-hydrogen) atoms. The number of carbonyl (C=O) groups is 1. The number of esters is 1. The lowest BCUT2D eigenvalue weighted by molar-refractivity contribution is -0.147. The molecule has 0 aromatic rings. The summed E-state index contributed by atoms with van der Waals surface area (Å²) >= 11 is 0. The van der Waals surface area contributed by atoms with Crippen LogP contribution < -0.4 is 0 Å². The van der Waals surface area contributed by atoms with Crippen molar-refractivity contribution in [3.05, 3.63) is 0 Å². The van der Waals surface area contributed by atoms with Crippen LogP contribution >= 0.6 is 0 Å². The molecule has 0 spiro atoms. The van der Waals surface area contributed by atoms with Crippen LogP contribution in [0, 0.1) is 23.2 Å². The number of carbonyl (C=O) groups excluding carboxylic acids is 1. The van der Waals surface area contributed by atoms with Crippen molar-refractivity contribution >= 4 is 5.97 Å². The van der Waals surface area contributed by atoms with Crippen LogP contribution in [0.15, 0.2) is 0 Å². The summed E-state index contributed by atoms with van der Waals surface area (Å²) in [5.41, 5.74) is -0.475. The van der Waals surface area contributed by atoms with Gasteiger partial charge in [0.05, 0.1) is 6.07 Å². The van der Waals surface area contributed by atoms with Gasteiger partial charge in [-0.15, -0.1) is 0 Å². The number of hydrogen-bond donors (Lipinski definition) is 0. The van der Waals surface area contributed by atoms with E-state index in [1.165, 1.54) is 0 Å². The fourth-order valence-corrected chi connectivity index (χ4v) is 1.19. The molecule has 3 heteroatoms. The summed E-state index contributed by atoms with van der Waals surface area (Å²) in [5.74, 6) is -0.977. The summed E-state index contributed by atoms with van der Waals surface area (Å²) < 4.78 is 5.00. The third-order valence-corrected chi connectivity index (χ3v) is 2.35. The highest BCUT2D eigenvalue weighted by atomic mass is 16.6. The Morgan fingerprint density at radius 2 is 2.18 bits per heavy atom. The molecule has 1 aliphatic rings. The molecule has 0 bridgehead atoms. The van der Waals surface area contributed by atoms with Crippen molar-refractivity contribution in [2.24, 2.45) is 11.8 Å². The van der Waals surface area contributed by atoms with Crippen molar-refractivity contribution in [1.82, 2.24) is 0 Å². The van der Waals surface area contributed by atoms with Crippen LogP contribution in [0.5, 0.6) is 0 Å². The third kappa shape index (κ3) is 1.09. The zero-order valence-corrected chi connectivity index (χ0v) is 6.92. The van der Waals surface area contributed by atoms with Crippen LogP contribution in [-0.4, -0.2) is 11.6 Å². The van der Waals surface area contributed by atoms with Crippen molar-refractivity contribution in [2.75, 3.05) is 0 Å². The second-order valence-corrected chi connectivity index (χ2v) is 3.42. The number of ether oxygens (including phenoxy) is 1. The van der Waals surface area contributed by atoms with Gasteiger partial charge in [0, 0.05) is 5.92 Å². The van der Waals surface area contributed by atoms with Gasteiger partial charge in [0.1, 0.15) is 11.5 Å². The van der Waals surface area contributed by atoms with E-state index in [9.17, 15) is 4.79 Å². The molecule has 0 aromatic heterocycles. The van der Waals surface area contributed by atoms with Crippen molar-refractivity contribution < 1.29 is 9.53 Å². The standard InChI is InChI=1S/C8H11NO2/c1-5-6(4-9)7(10)11-8(5,2)3/h5-6H,1-3H3/t5-,6+/m0/s1. The quantitative estimate of drug-likeness (QED) is 0.489. The smallest absolute Gasteiger partial charge is 0.324 e. The maximum absolute atomic E-state index is 11.0. The van der Waals surface area contributed by atoms with E-state index in [1.54, 1.807) is 0 Å². The van der Waals surface area contributed by atoms with E-state index >= 15 is 0 Å². The molecule has 0 aromatic carbocycles. The van der Waals surface area contributed by atoms with E-state index < -0.39 is 11.5 Å². The minimum absolute atomic E-state index is 0.0139. The van der Waals surface area contributed by atoms with Crippen LogP contribution in [0.4, 0.5) is 0 Å². The highest BCUT2D eigenvalue weighted by molar-refractivity contribution is 5.78. The molecule has 60 valence electrons. The average molecular weight is 153 g/mol. The first kappa shape index (κ1) is 8.06. The maximum Gasteiger partial charge on any atom is 0.324 e. The molecule has 0 amide bonds. The lowest BCUT2D eigenvalue weighted by Gasteiger charge is -2.21. The van der Waals surface area contributed by atoms with Gasteiger partial charge in [-0.3, -0.25) is 4.79 Å². The van der Waals surface area contributed by atoms with Gasteiger partial charge >= 0.3 is 5.97 Å². The molecule has 1 saturated heterocycles. The third-order valence-electron chi connectivity index (χ3n) is 2.35. The lowest BCUT2D eigenvalue weighted by atomic mass is 9.86. The van der Waals surface area contributed by atoms with Gasteiger partial charge in [0.2, 0.25) is 0 Å². The Morgan fingerprint density at radius 1 is 1.64 bits per heavy atom. The molecule has 1 rings (SSSR count). The summed E-state index contributed by atoms with van der Waals surface area (Å²) in [5, 5.41) is 8.59. The molecule has 0 radical (unpaired) electrons. The zero-order chi connectivity index (χ0) is 8.65. The lowest BCUT2D eigenvalue weighted by Crippen LogP contribution is -2.26. The van der Waals surface area contributed by atoms with E-state index in [-0.39, 0.29) is 11.9 Å². The van der Waals surface area contributed by atoms with Crippen molar-refractivity contribution in [3.63, 3.8) is 0 Å². The van der Waals surface area contributed by atoms with E-state index in [0.29, 0.717) is 0 Å². The minimum Gasteiger partial charge on any atom is -0.458 e. The monoisotopic (exact) mass is 153 g/mol. The number of nitriles is 1. The highest BCUT2D eigenvalue weighted by Crippen LogP contribution is 2.35. The van der Waals surface area contributed by atoms with Gasteiger partial charge in [-0.2, -0.15) is 5.26 Å². The summed E-state index contributed by atoms with van der Waals surface area (Å²) in [6, 6.07) is 1.94. The van der Waals surface area contributed by atoms with Gasteiger partial charge in [0.25, 0.3) is 0 Å². The Hall–Kier alpha value is -1.04. The van der Waals surface area contributed by atoms with Crippen molar-refractivity contribution in [1.29, 1.82) is 5.26 Å². The molecule has 0 unspecified atom stereocenters. The number of hydrogen-bond acceptors (Lipinski definition) is 3. The fraction of sp³-hybridized carbons (Fsp3) is 0.750. The predicted molar refractivity (Wildman–Crippen MR) is 38.4 cm³/mol.